The Morgan fingerprint density at radius 2 is 2.13 bits per heavy atom. The molecular formula is C8H15NaO5S. The molecule has 0 aliphatic heterocycles. The molecule has 0 heterocycles. The van der Waals surface area contributed by atoms with Crippen LogP contribution in [0.4, 0.5) is 0 Å². The van der Waals surface area contributed by atoms with Crippen LogP contribution in [-0.2, 0) is 18.9 Å². The number of unbranched alkanes of at least 4 members (excludes halogenated alkanes) is 2. The molecule has 0 spiro atoms. The minimum Gasteiger partial charge on any atom is -0.691 e. The Kier molecular flexibility index (Phi) is 15.4. The van der Waals surface area contributed by atoms with Gasteiger partial charge in [-0.25, -0.2) is 0 Å². The van der Waals surface area contributed by atoms with Crippen LogP contribution in [0, 0.1) is 0 Å². The Hall–Kier alpha value is 0.700. The maximum absolute atomic E-state index is 11.1. The van der Waals surface area contributed by atoms with Gasteiger partial charge in [0.15, 0.2) is 0 Å². The Bertz CT molecular complexity index is 158. The fraction of sp³-hybridized carbons (Fsp3) is 0.875. The first kappa shape index (κ1) is 18.1. The van der Waals surface area contributed by atoms with E-state index < -0.39 is 11.2 Å². The van der Waals surface area contributed by atoms with E-state index in [1.807, 2.05) is 0 Å². The maximum atomic E-state index is 11.1. The summed E-state index contributed by atoms with van der Waals surface area (Å²) in [6.07, 6.45) is 2.97. The first-order valence-corrected chi connectivity index (χ1v) is 5.31. The zero-order valence-corrected chi connectivity index (χ0v) is 12.2. The van der Waals surface area contributed by atoms with Crippen molar-refractivity contribution in [2.24, 2.45) is 0 Å². The van der Waals surface area contributed by atoms with E-state index in [0.717, 1.165) is 19.3 Å². The van der Waals surface area contributed by atoms with Gasteiger partial charge in [0.25, 0.3) is 0 Å². The molecule has 0 aromatic rings. The van der Waals surface area contributed by atoms with Crippen molar-refractivity contribution >= 4 is 18.0 Å². The predicted molar refractivity (Wildman–Crippen MR) is 49.7 cm³/mol. The molecule has 0 aliphatic rings. The van der Waals surface area contributed by atoms with E-state index in [2.05, 4.69) is 16.3 Å². The first-order chi connectivity index (χ1) is 6.72. The molecule has 0 rings (SSSR count). The molecule has 0 radical (unpaired) electrons. The molecular weight excluding hydrogens is 231 g/mol. The van der Waals surface area contributed by atoms with Gasteiger partial charge in [-0.3, -0.25) is 9.83 Å². The summed E-state index contributed by atoms with van der Waals surface area (Å²) in [6, 6.07) is 0. The van der Waals surface area contributed by atoms with E-state index >= 15 is 0 Å². The second kappa shape index (κ2) is 12.8. The van der Waals surface area contributed by atoms with Crippen molar-refractivity contribution in [3.05, 3.63) is 0 Å². The Balaban J connectivity index is 0. The largest absolute Gasteiger partial charge is 1.00 e. The van der Waals surface area contributed by atoms with Crippen molar-refractivity contribution < 1.29 is 53.7 Å². The fourth-order valence-electron chi connectivity index (χ4n) is 0.756. The number of carbonyl (C=O) groups excluding carboxylic acids is 1. The number of hydrogen-bond donors (Lipinski definition) is 0. The quantitative estimate of drug-likeness (QED) is 0.123. The van der Waals surface area contributed by atoms with Crippen molar-refractivity contribution in [2.75, 3.05) is 6.61 Å². The van der Waals surface area contributed by atoms with Crippen molar-refractivity contribution in [2.45, 2.75) is 38.4 Å². The van der Waals surface area contributed by atoms with E-state index in [1.165, 1.54) is 0 Å². The third-order valence-electron chi connectivity index (χ3n) is 1.54. The van der Waals surface area contributed by atoms with Crippen LogP contribution in [0.2, 0.25) is 0 Å². The molecule has 0 N–H and O–H groups in total. The third-order valence-corrected chi connectivity index (χ3v) is 2.15. The van der Waals surface area contributed by atoms with Gasteiger partial charge in [0.2, 0.25) is 0 Å². The maximum Gasteiger partial charge on any atom is 1.00 e. The van der Waals surface area contributed by atoms with E-state index in [9.17, 15) is 10.1 Å². The van der Waals surface area contributed by atoms with Gasteiger partial charge in [-0.2, -0.15) is 4.33 Å². The van der Waals surface area contributed by atoms with Crippen LogP contribution in [0.25, 0.3) is 0 Å². The van der Waals surface area contributed by atoms with Crippen LogP contribution in [0.1, 0.15) is 33.1 Å². The van der Waals surface area contributed by atoms with E-state index in [-0.39, 0.29) is 29.6 Å². The SMILES string of the molecule is CCCCCOC(=O)C(C)SOO[O-].[Na+]. The van der Waals surface area contributed by atoms with Gasteiger partial charge in [-0.15, -0.1) is 0 Å². The van der Waals surface area contributed by atoms with Gasteiger partial charge in [-0.1, -0.05) is 19.8 Å². The molecule has 0 aromatic heterocycles. The average Bonchev–Trinajstić information content (AvgIpc) is 2.20. The second-order valence-electron chi connectivity index (χ2n) is 2.75. The molecule has 0 saturated carbocycles. The monoisotopic (exact) mass is 246 g/mol. The normalized spacial score (nSPS) is 11.7. The van der Waals surface area contributed by atoms with Crippen molar-refractivity contribution in [3.63, 3.8) is 0 Å². The number of esters is 1. The average molecular weight is 246 g/mol. The number of carbonyl (C=O) groups is 1. The van der Waals surface area contributed by atoms with Gasteiger partial charge >= 0.3 is 35.5 Å². The van der Waals surface area contributed by atoms with Gasteiger partial charge in [0, 0.05) is 12.0 Å². The van der Waals surface area contributed by atoms with E-state index in [4.69, 9.17) is 4.74 Å². The summed E-state index contributed by atoms with van der Waals surface area (Å²) >= 11 is 0.639. The molecule has 1 unspecified atom stereocenters. The molecule has 0 aromatic carbocycles. The smallest absolute Gasteiger partial charge is 0.691 e. The van der Waals surface area contributed by atoms with Crippen molar-refractivity contribution in [3.8, 4) is 0 Å². The minimum absolute atomic E-state index is 0. The van der Waals surface area contributed by atoms with Crippen LogP contribution in [0.3, 0.4) is 0 Å². The van der Waals surface area contributed by atoms with Gasteiger partial charge in [-0.05, 0) is 13.3 Å². The van der Waals surface area contributed by atoms with E-state index in [0.29, 0.717) is 18.6 Å². The van der Waals surface area contributed by atoms with Crippen LogP contribution >= 0.6 is 12.0 Å². The van der Waals surface area contributed by atoms with Gasteiger partial charge in [0.1, 0.15) is 5.25 Å². The first-order valence-electron chi connectivity index (χ1n) is 4.51. The summed E-state index contributed by atoms with van der Waals surface area (Å²) in [4.78, 5) is 11.1. The third kappa shape index (κ3) is 11.0. The predicted octanol–water partition coefficient (Wildman–Crippen LogP) is -2.02. The molecule has 5 nitrogen and oxygen atoms in total. The molecule has 0 amide bonds. The summed E-state index contributed by atoms with van der Waals surface area (Å²) in [5, 5.41) is 12.0. The van der Waals surface area contributed by atoms with E-state index in [1.54, 1.807) is 6.92 Å². The summed E-state index contributed by atoms with van der Waals surface area (Å²) in [6.45, 7) is 4.06. The fourth-order valence-corrected chi connectivity index (χ4v) is 1.05. The number of rotatable bonds is 8. The summed E-state index contributed by atoms with van der Waals surface area (Å²) in [5.41, 5.74) is 0. The molecule has 0 bridgehead atoms. The number of hydrogen-bond acceptors (Lipinski definition) is 6. The van der Waals surface area contributed by atoms with Crippen LogP contribution < -0.4 is 34.8 Å². The molecule has 84 valence electrons. The molecule has 0 fully saturated rings. The molecule has 15 heavy (non-hydrogen) atoms. The second-order valence-corrected chi connectivity index (χ2v) is 3.78. The summed E-state index contributed by atoms with van der Waals surface area (Å²) in [7, 11) is 0. The topological polar surface area (TPSA) is 67.8 Å². The number of ether oxygens (including phenoxy) is 1. The molecule has 1 atom stereocenters. The van der Waals surface area contributed by atoms with Crippen LogP contribution in [0.15, 0.2) is 0 Å². The molecule has 7 heteroatoms. The Morgan fingerprint density at radius 1 is 1.47 bits per heavy atom. The Labute approximate surface area is 116 Å². The standard InChI is InChI=1S/C8H16O5S.Na/c1-3-4-5-6-11-8(9)7(2)14-13-12-10;/h7,10H,3-6H2,1-2H3;/q;+1/p-1. The van der Waals surface area contributed by atoms with Crippen molar-refractivity contribution in [1.82, 2.24) is 0 Å². The zero-order valence-electron chi connectivity index (χ0n) is 9.36. The summed E-state index contributed by atoms with van der Waals surface area (Å²) < 4.78 is 8.91. The van der Waals surface area contributed by atoms with Crippen LogP contribution in [0.5, 0.6) is 0 Å². The van der Waals surface area contributed by atoms with Gasteiger partial charge in [0.05, 0.1) is 6.61 Å². The zero-order chi connectivity index (χ0) is 10.8. The molecule has 0 saturated heterocycles. The van der Waals surface area contributed by atoms with Crippen molar-refractivity contribution in [1.29, 1.82) is 0 Å². The Morgan fingerprint density at radius 3 is 2.67 bits per heavy atom. The van der Waals surface area contributed by atoms with Crippen LogP contribution in [-0.4, -0.2) is 17.8 Å². The molecule has 0 aliphatic carbocycles. The summed E-state index contributed by atoms with van der Waals surface area (Å²) in [5.74, 6) is -0.400. The van der Waals surface area contributed by atoms with Gasteiger partial charge < -0.3 is 9.99 Å². The minimum atomic E-state index is -0.550.